The van der Waals surface area contributed by atoms with E-state index in [-0.39, 0.29) is 17.2 Å². The topological polar surface area (TPSA) is 63.2 Å². The van der Waals surface area contributed by atoms with Crippen molar-refractivity contribution in [2.24, 2.45) is 0 Å². The number of benzene rings is 2. The highest BCUT2D eigenvalue weighted by Crippen LogP contribution is 2.29. The lowest BCUT2D eigenvalue weighted by atomic mass is 9.94. The zero-order chi connectivity index (χ0) is 18.4. The SMILES string of the molecule is C=C[C@@H](CCC(=O)NS(=O)(=O)c1ccc(C)cc1)c1ccccc1Br. The van der Waals surface area contributed by atoms with Gasteiger partial charge in [0.15, 0.2) is 0 Å². The van der Waals surface area contributed by atoms with Gasteiger partial charge in [-0.2, -0.15) is 0 Å². The minimum absolute atomic E-state index is 0.0385. The predicted octanol–water partition coefficient (Wildman–Crippen LogP) is 4.31. The second-order valence-electron chi connectivity index (χ2n) is 5.74. The molecule has 1 N–H and O–H groups in total. The molecule has 0 heterocycles. The summed E-state index contributed by atoms with van der Waals surface area (Å²) in [7, 11) is -3.84. The maximum atomic E-state index is 12.2. The third-order valence-electron chi connectivity index (χ3n) is 3.85. The summed E-state index contributed by atoms with van der Waals surface area (Å²) in [5.74, 6) is -0.567. The molecule has 2 aromatic rings. The van der Waals surface area contributed by atoms with E-state index in [0.29, 0.717) is 6.42 Å². The molecule has 6 heteroatoms. The van der Waals surface area contributed by atoms with E-state index < -0.39 is 15.9 Å². The summed E-state index contributed by atoms with van der Waals surface area (Å²) in [6, 6.07) is 14.1. The normalized spacial score (nSPS) is 12.4. The lowest BCUT2D eigenvalue weighted by Crippen LogP contribution is -2.30. The highest BCUT2D eigenvalue weighted by atomic mass is 79.9. The van der Waals surface area contributed by atoms with Crippen molar-refractivity contribution in [1.29, 1.82) is 0 Å². The van der Waals surface area contributed by atoms with Gasteiger partial charge in [0.25, 0.3) is 10.0 Å². The summed E-state index contributed by atoms with van der Waals surface area (Å²) < 4.78 is 27.5. The first kappa shape index (κ1) is 19.4. The molecule has 0 spiro atoms. The van der Waals surface area contributed by atoms with Gasteiger partial charge in [-0.3, -0.25) is 4.79 Å². The zero-order valence-electron chi connectivity index (χ0n) is 13.9. The third kappa shape index (κ3) is 5.28. The molecule has 0 saturated heterocycles. The molecule has 0 aromatic heterocycles. The Kier molecular flexibility index (Phi) is 6.56. The van der Waals surface area contributed by atoms with Crippen molar-refractivity contribution in [3.63, 3.8) is 0 Å². The Balaban J connectivity index is 2.01. The number of rotatable bonds is 7. The number of hydrogen-bond acceptors (Lipinski definition) is 3. The summed E-state index contributed by atoms with van der Waals surface area (Å²) in [5, 5.41) is 0. The lowest BCUT2D eigenvalue weighted by Gasteiger charge is -2.14. The summed E-state index contributed by atoms with van der Waals surface area (Å²) in [6.45, 7) is 5.68. The number of amides is 1. The van der Waals surface area contributed by atoms with Gasteiger partial charge in [-0.05, 0) is 37.1 Å². The molecule has 0 aliphatic rings. The van der Waals surface area contributed by atoms with E-state index in [1.165, 1.54) is 12.1 Å². The predicted molar refractivity (Wildman–Crippen MR) is 103 cm³/mol. The van der Waals surface area contributed by atoms with E-state index in [4.69, 9.17) is 0 Å². The molecule has 0 bridgehead atoms. The van der Waals surface area contributed by atoms with Gasteiger partial charge < -0.3 is 0 Å². The average molecular weight is 422 g/mol. The zero-order valence-corrected chi connectivity index (χ0v) is 16.3. The lowest BCUT2D eigenvalue weighted by molar-refractivity contribution is -0.119. The van der Waals surface area contributed by atoms with Crippen molar-refractivity contribution in [3.05, 3.63) is 76.8 Å². The van der Waals surface area contributed by atoms with Gasteiger partial charge in [0, 0.05) is 16.8 Å². The van der Waals surface area contributed by atoms with E-state index in [2.05, 4.69) is 27.2 Å². The molecular formula is C19H20BrNO3S. The van der Waals surface area contributed by atoms with Crippen LogP contribution in [0.2, 0.25) is 0 Å². The fourth-order valence-corrected chi connectivity index (χ4v) is 4.03. The van der Waals surface area contributed by atoms with Crippen LogP contribution in [0.3, 0.4) is 0 Å². The van der Waals surface area contributed by atoms with Crippen molar-refractivity contribution >= 4 is 31.9 Å². The van der Waals surface area contributed by atoms with Crippen LogP contribution in [0.4, 0.5) is 0 Å². The van der Waals surface area contributed by atoms with Crippen LogP contribution in [0.25, 0.3) is 0 Å². The van der Waals surface area contributed by atoms with Gasteiger partial charge in [-0.25, -0.2) is 13.1 Å². The van der Waals surface area contributed by atoms with E-state index in [9.17, 15) is 13.2 Å². The van der Waals surface area contributed by atoms with Crippen molar-refractivity contribution in [2.45, 2.75) is 30.6 Å². The summed E-state index contributed by atoms with van der Waals surface area (Å²) in [6.07, 6.45) is 2.33. The van der Waals surface area contributed by atoms with Crippen molar-refractivity contribution in [1.82, 2.24) is 4.72 Å². The first-order valence-electron chi connectivity index (χ1n) is 7.83. The summed E-state index contributed by atoms with van der Waals surface area (Å²) in [4.78, 5) is 12.2. The standard InChI is InChI=1S/C19H20BrNO3S/c1-3-15(17-6-4-5-7-18(17)20)10-13-19(22)21-25(23,24)16-11-8-14(2)9-12-16/h3-9,11-12,15H,1,10,13H2,2H3,(H,21,22)/t15-/m0/s1. The van der Waals surface area contributed by atoms with Gasteiger partial charge in [0.05, 0.1) is 4.90 Å². The first-order valence-corrected chi connectivity index (χ1v) is 10.1. The first-order chi connectivity index (χ1) is 11.8. The largest absolute Gasteiger partial charge is 0.274 e. The minimum Gasteiger partial charge on any atom is -0.274 e. The molecule has 1 atom stereocenters. The summed E-state index contributed by atoms with van der Waals surface area (Å²) in [5.41, 5.74) is 1.97. The Morgan fingerprint density at radius 2 is 1.84 bits per heavy atom. The molecule has 1 amide bonds. The Labute approximate surface area is 157 Å². The van der Waals surface area contributed by atoms with Crippen molar-refractivity contribution < 1.29 is 13.2 Å². The van der Waals surface area contributed by atoms with Crippen LogP contribution in [-0.2, 0) is 14.8 Å². The average Bonchev–Trinajstić information content (AvgIpc) is 2.57. The van der Waals surface area contributed by atoms with Gasteiger partial charge in [-0.1, -0.05) is 57.9 Å². The highest BCUT2D eigenvalue weighted by molar-refractivity contribution is 9.10. The highest BCUT2D eigenvalue weighted by Gasteiger charge is 2.19. The molecule has 0 aliphatic heterocycles. The monoisotopic (exact) mass is 421 g/mol. The molecule has 2 aromatic carbocycles. The van der Waals surface area contributed by atoms with Crippen LogP contribution >= 0.6 is 15.9 Å². The third-order valence-corrected chi connectivity index (χ3v) is 5.96. The van der Waals surface area contributed by atoms with Crippen molar-refractivity contribution in [2.75, 3.05) is 0 Å². The minimum atomic E-state index is -3.84. The van der Waals surface area contributed by atoms with Crippen LogP contribution in [-0.4, -0.2) is 14.3 Å². The van der Waals surface area contributed by atoms with Crippen LogP contribution in [0.5, 0.6) is 0 Å². The number of aryl methyl sites for hydroxylation is 1. The van der Waals surface area contributed by atoms with Gasteiger partial charge in [0.1, 0.15) is 0 Å². The number of sulfonamides is 1. The number of halogens is 1. The van der Waals surface area contributed by atoms with E-state index in [0.717, 1.165) is 15.6 Å². The fraction of sp³-hybridized carbons (Fsp3) is 0.211. The second-order valence-corrected chi connectivity index (χ2v) is 8.28. The maximum absolute atomic E-state index is 12.2. The Bertz CT molecular complexity index is 860. The molecule has 0 radical (unpaired) electrons. The molecule has 2 rings (SSSR count). The van der Waals surface area contributed by atoms with Gasteiger partial charge >= 0.3 is 0 Å². The number of carbonyl (C=O) groups is 1. The number of allylic oxidation sites excluding steroid dienone is 1. The summed E-state index contributed by atoms with van der Waals surface area (Å²) >= 11 is 3.49. The van der Waals surface area contributed by atoms with Crippen molar-refractivity contribution in [3.8, 4) is 0 Å². The van der Waals surface area contributed by atoms with E-state index in [1.54, 1.807) is 18.2 Å². The molecular weight excluding hydrogens is 402 g/mol. The molecule has 132 valence electrons. The second kappa shape index (κ2) is 8.45. The smallest absolute Gasteiger partial charge is 0.264 e. The van der Waals surface area contributed by atoms with Crippen LogP contribution in [0.15, 0.2) is 70.6 Å². The Hall–Kier alpha value is -1.92. The molecule has 0 unspecified atom stereocenters. The number of carbonyl (C=O) groups excluding carboxylic acids is 1. The van der Waals surface area contributed by atoms with Crippen LogP contribution in [0.1, 0.15) is 29.9 Å². The molecule has 0 aliphatic carbocycles. The van der Waals surface area contributed by atoms with Crippen LogP contribution < -0.4 is 4.72 Å². The maximum Gasteiger partial charge on any atom is 0.264 e. The van der Waals surface area contributed by atoms with E-state index >= 15 is 0 Å². The number of nitrogens with one attached hydrogen (secondary N) is 1. The quantitative estimate of drug-likeness (QED) is 0.677. The fourth-order valence-electron chi connectivity index (χ4n) is 2.44. The molecule has 0 fully saturated rings. The number of hydrogen-bond donors (Lipinski definition) is 1. The molecule has 0 saturated carbocycles. The Morgan fingerprint density at radius 1 is 1.20 bits per heavy atom. The van der Waals surface area contributed by atoms with E-state index in [1.807, 2.05) is 31.2 Å². The van der Waals surface area contributed by atoms with Crippen LogP contribution in [0, 0.1) is 6.92 Å². The van der Waals surface area contributed by atoms with Gasteiger partial charge in [-0.15, -0.1) is 6.58 Å². The Morgan fingerprint density at radius 3 is 2.44 bits per heavy atom. The molecule has 4 nitrogen and oxygen atoms in total. The van der Waals surface area contributed by atoms with Gasteiger partial charge in [0.2, 0.25) is 5.91 Å². The molecule has 25 heavy (non-hydrogen) atoms.